The van der Waals surface area contributed by atoms with Crippen molar-refractivity contribution in [2.75, 3.05) is 5.32 Å². The van der Waals surface area contributed by atoms with Crippen LogP contribution in [0.2, 0.25) is 5.02 Å². The van der Waals surface area contributed by atoms with E-state index in [0.717, 1.165) is 11.3 Å². The highest BCUT2D eigenvalue weighted by atomic mass is 35.5. The first kappa shape index (κ1) is 17.5. The molecule has 0 aliphatic rings. The van der Waals surface area contributed by atoms with E-state index in [9.17, 15) is 4.79 Å². The van der Waals surface area contributed by atoms with Crippen LogP contribution in [0.4, 0.5) is 5.95 Å². The number of halogens is 1. The molecule has 3 rings (SSSR count). The predicted octanol–water partition coefficient (Wildman–Crippen LogP) is 4.39. The summed E-state index contributed by atoms with van der Waals surface area (Å²) in [7, 11) is 0. The van der Waals surface area contributed by atoms with E-state index in [4.69, 9.17) is 11.6 Å². The van der Waals surface area contributed by atoms with Gasteiger partial charge in [-0.05, 0) is 24.6 Å². The normalized spacial score (nSPS) is 11.9. The molecule has 0 fully saturated rings. The molecule has 1 heterocycles. The topological polar surface area (TPSA) is 70.7 Å². The zero-order valence-electron chi connectivity index (χ0n) is 13.6. The Kier molecular flexibility index (Phi) is 5.73. The number of nitrogens with zero attached hydrogens (tertiary/aromatic N) is 2. The Bertz CT molecular complexity index is 853. The second-order valence-electron chi connectivity index (χ2n) is 5.42. The Morgan fingerprint density at radius 3 is 2.68 bits per heavy atom. The third-order valence-electron chi connectivity index (χ3n) is 3.56. The summed E-state index contributed by atoms with van der Waals surface area (Å²) in [5, 5.41) is 9.92. The van der Waals surface area contributed by atoms with Crippen LogP contribution >= 0.6 is 23.4 Å². The lowest BCUT2D eigenvalue weighted by Crippen LogP contribution is -2.23. The Morgan fingerprint density at radius 1 is 1.20 bits per heavy atom. The number of amides is 1. The van der Waals surface area contributed by atoms with Crippen LogP contribution in [0.3, 0.4) is 0 Å². The van der Waals surface area contributed by atoms with E-state index in [1.165, 1.54) is 5.56 Å². The minimum Gasteiger partial charge on any atom is -0.292 e. The molecule has 3 aromatic rings. The number of thioether (sulfide) groups is 1. The molecule has 1 atom stereocenters. The molecule has 0 bridgehead atoms. The van der Waals surface area contributed by atoms with Gasteiger partial charge in [0.25, 0.3) is 0 Å². The first-order chi connectivity index (χ1) is 12.1. The number of rotatable bonds is 6. The molecule has 0 radical (unpaired) electrons. The maximum Gasteiger partial charge on any atom is 0.249 e. The van der Waals surface area contributed by atoms with Crippen molar-refractivity contribution in [2.24, 2.45) is 0 Å². The smallest absolute Gasteiger partial charge is 0.249 e. The summed E-state index contributed by atoms with van der Waals surface area (Å²) >= 11 is 7.71. The van der Waals surface area contributed by atoms with Gasteiger partial charge in [-0.25, -0.2) is 0 Å². The molecule has 0 saturated carbocycles. The van der Waals surface area contributed by atoms with Gasteiger partial charge in [0.1, 0.15) is 0 Å². The van der Waals surface area contributed by atoms with Gasteiger partial charge < -0.3 is 0 Å². The minimum absolute atomic E-state index is 0.134. The lowest BCUT2D eigenvalue weighted by Gasteiger charge is -2.10. The molecule has 5 nitrogen and oxygen atoms in total. The number of H-pyrrole nitrogens is 1. The maximum absolute atomic E-state index is 12.3. The van der Waals surface area contributed by atoms with Crippen LogP contribution in [0.15, 0.2) is 54.6 Å². The Hall–Kier alpha value is -2.31. The van der Waals surface area contributed by atoms with E-state index < -0.39 is 0 Å². The summed E-state index contributed by atoms with van der Waals surface area (Å²) < 4.78 is 0. The lowest BCUT2D eigenvalue weighted by molar-refractivity contribution is -0.115. The van der Waals surface area contributed by atoms with Gasteiger partial charge in [0.15, 0.2) is 5.82 Å². The van der Waals surface area contributed by atoms with Crippen molar-refractivity contribution in [3.05, 3.63) is 65.2 Å². The largest absolute Gasteiger partial charge is 0.292 e. The molecule has 1 amide bonds. The number of carbonyl (C=O) groups is 1. The fourth-order valence-corrected chi connectivity index (χ4v) is 3.24. The van der Waals surface area contributed by atoms with Gasteiger partial charge >= 0.3 is 0 Å². The summed E-state index contributed by atoms with van der Waals surface area (Å²) in [6.45, 7) is 1.87. The third-order valence-corrected chi connectivity index (χ3v) is 5.11. The SMILES string of the molecule is CC(SCc1ccccc1)C(=O)Nc1n[nH]c(-c2ccccc2Cl)n1. The van der Waals surface area contributed by atoms with Crippen LogP contribution in [0.25, 0.3) is 11.4 Å². The van der Waals surface area contributed by atoms with Crippen LogP contribution in [0, 0.1) is 0 Å². The zero-order valence-corrected chi connectivity index (χ0v) is 15.1. The van der Waals surface area contributed by atoms with Crippen molar-refractivity contribution in [2.45, 2.75) is 17.9 Å². The summed E-state index contributed by atoms with van der Waals surface area (Å²) in [6.07, 6.45) is 0. The second kappa shape index (κ2) is 8.18. The van der Waals surface area contributed by atoms with E-state index >= 15 is 0 Å². The first-order valence-electron chi connectivity index (χ1n) is 7.77. The van der Waals surface area contributed by atoms with Gasteiger partial charge in [-0.1, -0.05) is 54.1 Å². The van der Waals surface area contributed by atoms with Gasteiger partial charge in [-0.15, -0.1) is 16.9 Å². The van der Waals surface area contributed by atoms with E-state index in [1.807, 2.05) is 55.5 Å². The number of hydrogen-bond acceptors (Lipinski definition) is 4. The highest BCUT2D eigenvalue weighted by molar-refractivity contribution is 7.99. The molecule has 0 aliphatic carbocycles. The van der Waals surface area contributed by atoms with Crippen LogP contribution in [-0.2, 0) is 10.5 Å². The Balaban J connectivity index is 1.59. The summed E-state index contributed by atoms with van der Waals surface area (Å²) in [4.78, 5) is 16.6. The average molecular weight is 373 g/mol. The van der Waals surface area contributed by atoms with Gasteiger partial charge in [-0.2, -0.15) is 4.98 Å². The average Bonchev–Trinajstić information content (AvgIpc) is 3.09. The molecular weight excluding hydrogens is 356 g/mol. The molecule has 0 spiro atoms. The van der Waals surface area contributed by atoms with E-state index in [2.05, 4.69) is 20.5 Å². The lowest BCUT2D eigenvalue weighted by atomic mass is 10.2. The first-order valence-corrected chi connectivity index (χ1v) is 9.20. The van der Waals surface area contributed by atoms with Crippen molar-refractivity contribution in [1.82, 2.24) is 15.2 Å². The van der Waals surface area contributed by atoms with Crippen LogP contribution in [-0.4, -0.2) is 26.3 Å². The van der Waals surface area contributed by atoms with Crippen LogP contribution < -0.4 is 5.32 Å². The highest BCUT2D eigenvalue weighted by Gasteiger charge is 2.16. The molecule has 1 unspecified atom stereocenters. The molecule has 0 saturated heterocycles. The molecule has 2 aromatic carbocycles. The van der Waals surface area contributed by atoms with Crippen molar-refractivity contribution in [3.63, 3.8) is 0 Å². The predicted molar refractivity (Wildman–Crippen MR) is 103 cm³/mol. The van der Waals surface area contributed by atoms with Gasteiger partial charge in [-0.3, -0.25) is 15.2 Å². The highest BCUT2D eigenvalue weighted by Crippen LogP contribution is 2.25. The van der Waals surface area contributed by atoms with Crippen molar-refractivity contribution >= 4 is 35.2 Å². The number of carbonyl (C=O) groups excluding carboxylic acids is 1. The standard InChI is InChI=1S/C18H17ClN4OS/c1-12(25-11-13-7-3-2-4-8-13)17(24)21-18-20-16(22-23-18)14-9-5-6-10-15(14)19/h2-10,12H,11H2,1H3,(H2,20,21,22,23,24). The Labute approximate surface area is 155 Å². The number of benzene rings is 2. The zero-order chi connectivity index (χ0) is 17.6. The number of aromatic nitrogens is 3. The number of aromatic amines is 1. The van der Waals surface area contributed by atoms with E-state index in [-0.39, 0.29) is 17.1 Å². The monoisotopic (exact) mass is 372 g/mol. The minimum atomic E-state index is -0.220. The van der Waals surface area contributed by atoms with Gasteiger partial charge in [0.05, 0.1) is 10.3 Å². The number of anilines is 1. The van der Waals surface area contributed by atoms with E-state index in [1.54, 1.807) is 17.8 Å². The number of hydrogen-bond donors (Lipinski definition) is 2. The molecular formula is C18H17ClN4OS. The fraction of sp³-hybridized carbons (Fsp3) is 0.167. The second-order valence-corrected chi connectivity index (χ2v) is 7.15. The summed E-state index contributed by atoms with van der Waals surface area (Å²) in [5.74, 6) is 1.40. The third kappa shape index (κ3) is 4.61. The van der Waals surface area contributed by atoms with Crippen molar-refractivity contribution < 1.29 is 4.79 Å². The van der Waals surface area contributed by atoms with Crippen molar-refractivity contribution in [1.29, 1.82) is 0 Å². The van der Waals surface area contributed by atoms with Crippen molar-refractivity contribution in [3.8, 4) is 11.4 Å². The molecule has 0 aliphatic heterocycles. The van der Waals surface area contributed by atoms with Crippen LogP contribution in [0.1, 0.15) is 12.5 Å². The van der Waals surface area contributed by atoms with Gasteiger partial charge in [0.2, 0.25) is 11.9 Å². The quantitative estimate of drug-likeness (QED) is 0.673. The molecule has 25 heavy (non-hydrogen) atoms. The Morgan fingerprint density at radius 2 is 1.92 bits per heavy atom. The maximum atomic E-state index is 12.3. The van der Waals surface area contributed by atoms with Crippen LogP contribution in [0.5, 0.6) is 0 Å². The van der Waals surface area contributed by atoms with Gasteiger partial charge in [0, 0.05) is 11.3 Å². The molecule has 1 aromatic heterocycles. The summed E-state index contributed by atoms with van der Waals surface area (Å²) in [6, 6.07) is 17.4. The molecule has 128 valence electrons. The van der Waals surface area contributed by atoms with E-state index in [0.29, 0.717) is 10.8 Å². The molecule has 2 N–H and O–H groups in total. The number of nitrogens with one attached hydrogen (secondary N) is 2. The fourth-order valence-electron chi connectivity index (χ4n) is 2.17. The summed E-state index contributed by atoms with van der Waals surface area (Å²) in [5.41, 5.74) is 1.93. The molecule has 7 heteroatoms.